The van der Waals surface area contributed by atoms with Crippen molar-refractivity contribution in [3.8, 4) is 0 Å². The fourth-order valence-electron chi connectivity index (χ4n) is 2.17. The van der Waals surface area contributed by atoms with Gasteiger partial charge in [-0.1, -0.05) is 41.7 Å². The smallest absolute Gasteiger partial charge is 0.234 e. The van der Waals surface area contributed by atoms with Crippen LogP contribution in [-0.4, -0.2) is 19.8 Å². The van der Waals surface area contributed by atoms with Crippen LogP contribution in [0.2, 0.25) is 0 Å². The van der Waals surface area contributed by atoms with Crippen LogP contribution in [0.1, 0.15) is 41.2 Å². The molecule has 0 saturated heterocycles. The molecule has 96 valence electrons. The second-order valence-corrected chi connectivity index (χ2v) is 5.84. The first-order valence-corrected chi connectivity index (χ1v) is 7.17. The molecule has 1 atom stereocenters. The Bertz CT molecular complexity index is 713. The van der Waals surface area contributed by atoms with E-state index in [1.807, 2.05) is 34.8 Å². The van der Waals surface area contributed by atoms with Crippen molar-refractivity contribution in [1.29, 1.82) is 0 Å². The minimum atomic E-state index is -0.194. The van der Waals surface area contributed by atoms with E-state index < -0.39 is 0 Å². The lowest BCUT2D eigenvalue weighted by atomic mass is 10.1. The van der Waals surface area contributed by atoms with Gasteiger partial charge in [-0.2, -0.15) is 9.61 Å². The molecule has 1 unspecified atom stereocenters. The zero-order chi connectivity index (χ0) is 12.8. The third-order valence-electron chi connectivity index (χ3n) is 3.40. The predicted molar refractivity (Wildman–Crippen MR) is 73.1 cm³/mol. The fourth-order valence-corrected chi connectivity index (χ4v) is 3.05. The summed E-state index contributed by atoms with van der Waals surface area (Å²) in [6.07, 6.45) is 2.39. The normalized spacial score (nSPS) is 16.9. The Kier molecular flexibility index (Phi) is 2.39. The Morgan fingerprint density at radius 1 is 1.21 bits per heavy atom. The van der Waals surface area contributed by atoms with Crippen LogP contribution in [-0.2, 0) is 0 Å². The summed E-state index contributed by atoms with van der Waals surface area (Å²) in [5.74, 6) is 1.52. The van der Waals surface area contributed by atoms with Gasteiger partial charge in [0.2, 0.25) is 4.96 Å². The summed E-state index contributed by atoms with van der Waals surface area (Å²) in [6, 6.07) is 9.82. The molecule has 2 heterocycles. The molecule has 6 heteroatoms. The van der Waals surface area contributed by atoms with Crippen molar-refractivity contribution in [2.45, 2.75) is 24.8 Å². The molecule has 1 aliphatic rings. The molecule has 1 fully saturated rings. The second-order valence-electron chi connectivity index (χ2n) is 4.86. The van der Waals surface area contributed by atoms with Crippen molar-refractivity contribution in [1.82, 2.24) is 19.8 Å². The van der Waals surface area contributed by atoms with Gasteiger partial charge in [-0.3, -0.25) is 0 Å². The van der Waals surface area contributed by atoms with Gasteiger partial charge in [-0.25, -0.2) is 0 Å². The third-order valence-corrected chi connectivity index (χ3v) is 4.38. The average Bonchev–Trinajstić information content (AvgIpc) is 3.08. The molecule has 0 bridgehead atoms. The van der Waals surface area contributed by atoms with Crippen LogP contribution in [0.25, 0.3) is 4.96 Å². The summed E-state index contributed by atoms with van der Waals surface area (Å²) >= 11 is 1.52. The van der Waals surface area contributed by atoms with Crippen LogP contribution in [0.15, 0.2) is 30.3 Å². The number of benzene rings is 1. The van der Waals surface area contributed by atoms with Crippen LogP contribution in [0, 0.1) is 0 Å². The predicted octanol–water partition coefficient (Wildman–Crippen LogP) is 2.11. The topological polar surface area (TPSA) is 69.1 Å². The molecule has 0 spiro atoms. The number of fused-ring (bicyclic) bond motifs is 1. The maximum atomic E-state index is 6.27. The van der Waals surface area contributed by atoms with Crippen molar-refractivity contribution < 1.29 is 0 Å². The quantitative estimate of drug-likeness (QED) is 0.792. The first-order valence-electron chi connectivity index (χ1n) is 6.35. The van der Waals surface area contributed by atoms with Crippen molar-refractivity contribution in [2.75, 3.05) is 0 Å². The van der Waals surface area contributed by atoms with Crippen molar-refractivity contribution in [3.63, 3.8) is 0 Å². The van der Waals surface area contributed by atoms with E-state index in [1.54, 1.807) is 0 Å². The molecule has 2 N–H and O–H groups in total. The zero-order valence-corrected chi connectivity index (χ0v) is 11.0. The van der Waals surface area contributed by atoms with Gasteiger partial charge in [0, 0.05) is 5.92 Å². The highest BCUT2D eigenvalue weighted by Crippen LogP contribution is 2.39. The molecule has 19 heavy (non-hydrogen) atoms. The van der Waals surface area contributed by atoms with Gasteiger partial charge < -0.3 is 5.73 Å². The molecule has 0 radical (unpaired) electrons. The summed E-state index contributed by atoms with van der Waals surface area (Å²) in [6.45, 7) is 0. The highest BCUT2D eigenvalue weighted by molar-refractivity contribution is 7.16. The number of nitrogens with zero attached hydrogens (tertiary/aromatic N) is 4. The van der Waals surface area contributed by atoms with E-state index in [2.05, 4.69) is 15.3 Å². The van der Waals surface area contributed by atoms with Gasteiger partial charge in [-0.05, 0) is 18.4 Å². The van der Waals surface area contributed by atoms with Crippen LogP contribution in [0.5, 0.6) is 0 Å². The van der Waals surface area contributed by atoms with E-state index in [0.717, 1.165) is 21.4 Å². The summed E-state index contributed by atoms with van der Waals surface area (Å²) < 4.78 is 1.86. The molecule has 5 nitrogen and oxygen atoms in total. The van der Waals surface area contributed by atoms with Crippen molar-refractivity contribution in [3.05, 3.63) is 46.7 Å². The third kappa shape index (κ3) is 1.84. The second kappa shape index (κ2) is 4.11. The minimum absolute atomic E-state index is 0.194. The van der Waals surface area contributed by atoms with Crippen molar-refractivity contribution >= 4 is 16.3 Å². The molecular weight excluding hydrogens is 258 g/mol. The maximum absolute atomic E-state index is 6.27. The van der Waals surface area contributed by atoms with Crippen LogP contribution < -0.4 is 5.73 Å². The number of rotatable bonds is 3. The first kappa shape index (κ1) is 11.1. The van der Waals surface area contributed by atoms with Gasteiger partial charge in [0.25, 0.3) is 0 Å². The minimum Gasteiger partial charge on any atom is -0.318 e. The summed E-state index contributed by atoms with van der Waals surface area (Å²) in [7, 11) is 0. The fraction of sp³-hybridized carbons (Fsp3) is 0.308. The highest BCUT2D eigenvalue weighted by Gasteiger charge is 2.30. The first-order chi connectivity index (χ1) is 9.33. The number of nitrogens with two attached hydrogens (primary N) is 1. The van der Waals surface area contributed by atoms with Crippen LogP contribution in [0.3, 0.4) is 0 Å². The zero-order valence-electron chi connectivity index (χ0n) is 10.2. The molecule has 3 aromatic rings. The standard InChI is InChI=1S/C13H13N5S/c14-10(8-4-2-1-3-5-8)12-17-18-11(9-6-7-9)15-16-13(18)19-12/h1-5,9-10H,6-7,14H2. The van der Waals surface area contributed by atoms with E-state index in [0.29, 0.717) is 5.92 Å². The molecular formula is C13H13N5S. The van der Waals surface area contributed by atoms with E-state index in [4.69, 9.17) is 5.73 Å². The highest BCUT2D eigenvalue weighted by atomic mass is 32.1. The van der Waals surface area contributed by atoms with Gasteiger partial charge in [-0.15, -0.1) is 10.2 Å². The monoisotopic (exact) mass is 271 g/mol. The van der Waals surface area contributed by atoms with Crippen molar-refractivity contribution in [2.24, 2.45) is 5.73 Å². The van der Waals surface area contributed by atoms with Gasteiger partial charge in [0.05, 0.1) is 6.04 Å². The maximum Gasteiger partial charge on any atom is 0.234 e. The molecule has 2 aromatic heterocycles. The van der Waals surface area contributed by atoms with E-state index in [1.165, 1.54) is 24.2 Å². The van der Waals surface area contributed by atoms with Crippen LogP contribution >= 0.6 is 11.3 Å². The molecule has 1 aromatic carbocycles. The van der Waals surface area contributed by atoms with E-state index in [9.17, 15) is 0 Å². The Labute approximate surface area is 114 Å². The summed E-state index contributed by atoms with van der Waals surface area (Å²) in [5.41, 5.74) is 7.34. The number of hydrogen-bond acceptors (Lipinski definition) is 5. The average molecular weight is 271 g/mol. The number of aromatic nitrogens is 4. The lowest BCUT2D eigenvalue weighted by Gasteiger charge is -2.07. The molecule has 1 saturated carbocycles. The van der Waals surface area contributed by atoms with Gasteiger partial charge >= 0.3 is 0 Å². The lowest BCUT2D eigenvalue weighted by molar-refractivity contribution is 0.766. The Morgan fingerprint density at radius 2 is 2.00 bits per heavy atom. The molecule has 0 amide bonds. The van der Waals surface area contributed by atoms with Crippen LogP contribution in [0.4, 0.5) is 0 Å². The van der Waals surface area contributed by atoms with Gasteiger partial charge in [0.1, 0.15) is 5.01 Å². The Balaban J connectivity index is 1.75. The Morgan fingerprint density at radius 3 is 2.74 bits per heavy atom. The molecule has 4 rings (SSSR count). The Hall–Kier alpha value is -1.79. The molecule has 1 aliphatic carbocycles. The lowest BCUT2D eigenvalue weighted by Crippen LogP contribution is -2.12. The largest absolute Gasteiger partial charge is 0.318 e. The number of hydrogen-bond donors (Lipinski definition) is 1. The van der Waals surface area contributed by atoms with E-state index >= 15 is 0 Å². The summed E-state index contributed by atoms with van der Waals surface area (Å²) in [4.78, 5) is 0.836. The summed E-state index contributed by atoms with van der Waals surface area (Å²) in [5, 5.41) is 13.9. The van der Waals surface area contributed by atoms with Gasteiger partial charge in [0.15, 0.2) is 5.82 Å². The SMILES string of the molecule is NC(c1ccccc1)c1nn2c(C3CC3)nnc2s1. The molecule has 0 aliphatic heterocycles. The van der Waals surface area contributed by atoms with E-state index in [-0.39, 0.29) is 6.04 Å².